The van der Waals surface area contributed by atoms with Crippen LogP contribution < -0.4 is 10.1 Å². The Balaban J connectivity index is 0.00000256. The summed E-state index contributed by atoms with van der Waals surface area (Å²) in [6, 6.07) is 12.5. The summed E-state index contributed by atoms with van der Waals surface area (Å²) >= 11 is 0. The number of carbonyl (C=O) groups excluding carboxylic acids is 1. The van der Waals surface area contributed by atoms with Crippen LogP contribution in [0.3, 0.4) is 0 Å². The van der Waals surface area contributed by atoms with E-state index >= 15 is 0 Å². The minimum absolute atomic E-state index is 0. The van der Waals surface area contributed by atoms with Crippen LogP contribution in [0.15, 0.2) is 61.1 Å². The fraction of sp³-hybridized carbons (Fsp3) is 0.261. The summed E-state index contributed by atoms with van der Waals surface area (Å²) in [5, 5.41) is 13.9. The SMILES string of the molecule is Cc1cc(-c2ccc3c(c2)C(NC(=O)c2cccnc2)[C@H](O)C(C)(C)O3)ccn1.S. The van der Waals surface area contributed by atoms with Gasteiger partial charge in [-0.1, -0.05) is 6.07 Å². The van der Waals surface area contributed by atoms with Gasteiger partial charge in [-0.3, -0.25) is 14.8 Å². The minimum Gasteiger partial charge on any atom is -0.485 e. The second-order valence-electron chi connectivity index (χ2n) is 7.78. The third-order valence-electron chi connectivity index (χ3n) is 5.19. The van der Waals surface area contributed by atoms with Crippen molar-refractivity contribution in [1.82, 2.24) is 15.3 Å². The Kier molecular flexibility index (Phi) is 6.14. The Bertz CT molecular complexity index is 1060. The van der Waals surface area contributed by atoms with Gasteiger partial charge in [0.05, 0.1) is 11.6 Å². The highest BCUT2D eigenvalue weighted by molar-refractivity contribution is 7.59. The normalized spacial score (nSPS) is 19.1. The third kappa shape index (κ3) is 4.17. The van der Waals surface area contributed by atoms with Gasteiger partial charge < -0.3 is 15.2 Å². The van der Waals surface area contributed by atoms with Crippen molar-refractivity contribution in [1.29, 1.82) is 0 Å². The van der Waals surface area contributed by atoms with Crippen molar-refractivity contribution < 1.29 is 14.6 Å². The van der Waals surface area contributed by atoms with Crippen molar-refractivity contribution in [3.8, 4) is 16.9 Å². The van der Waals surface area contributed by atoms with Crippen LogP contribution in [-0.2, 0) is 0 Å². The highest BCUT2D eigenvalue weighted by atomic mass is 32.1. The van der Waals surface area contributed by atoms with Crippen LogP contribution in [0.1, 0.15) is 41.5 Å². The molecule has 2 atom stereocenters. The largest absolute Gasteiger partial charge is 0.485 e. The number of aryl methyl sites for hydroxylation is 1. The number of nitrogens with zero attached hydrogens (tertiary/aromatic N) is 2. The van der Waals surface area contributed by atoms with E-state index in [9.17, 15) is 9.90 Å². The maximum Gasteiger partial charge on any atom is 0.253 e. The molecule has 0 radical (unpaired) electrons. The van der Waals surface area contributed by atoms with E-state index in [4.69, 9.17) is 4.74 Å². The number of hydrogen-bond acceptors (Lipinski definition) is 5. The average molecular weight is 424 g/mol. The molecule has 1 amide bonds. The molecule has 0 aliphatic carbocycles. The molecule has 156 valence electrons. The average Bonchev–Trinajstić information content (AvgIpc) is 2.71. The van der Waals surface area contributed by atoms with Gasteiger partial charge in [0.2, 0.25) is 0 Å². The quantitative estimate of drug-likeness (QED) is 0.673. The number of nitrogens with one attached hydrogen (secondary N) is 1. The van der Waals surface area contributed by atoms with E-state index in [2.05, 4.69) is 15.3 Å². The zero-order valence-corrected chi connectivity index (χ0v) is 18.1. The van der Waals surface area contributed by atoms with Crippen LogP contribution in [0.2, 0.25) is 0 Å². The van der Waals surface area contributed by atoms with Crippen LogP contribution in [0, 0.1) is 6.92 Å². The first kappa shape index (κ1) is 21.8. The highest BCUT2D eigenvalue weighted by Crippen LogP contribution is 2.41. The summed E-state index contributed by atoms with van der Waals surface area (Å²) in [5.74, 6) is 0.349. The van der Waals surface area contributed by atoms with E-state index in [1.165, 1.54) is 6.20 Å². The second-order valence-corrected chi connectivity index (χ2v) is 7.78. The Labute approximate surface area is 182 Å². The smallest absolute Gasteiger partial charge is 0.253 e. The molecule has 1 aromatic carbocycles. The molecule has 1 aliphatic rings. The maximum atomic E-state index is 12.8. The molecule has 0 fully saturated rings. The van der Waals surface area contributed by atoms with Gasteiger partial charge in [-0.05, 0) is 68.3 Å². The number of benzene rings is 1. The second kappa shape index (κ2) is 8.45. The Morgan fingerprint density at radius 2 is 1.90 bits per heavy atom. The Hall–Kier alpha value is -2.90. The van der Waals surface area contributed by atoms with Crippen molar-refractivity contribution in [2.24, 2.45) is 0 Å². The first-order valence-electron chi connectivity index (χ1n) is 9.50. The van der Waals surface area contributed by atoms with Crippen molar-refractivity contribution in [3.63, 3.8) is 0 Å². The zero-order valence-electron chi connectivity index (χ0n) is 17.1. The topological polar surface area (TPSA) is 84.3 Å². The number of aromatic nitrogens is 2. The van der Waals surface area contributed by atoms with Gasteiger partial charge in [0.25, 0.3) is 5.91 Å². The molecule has 6 nitrogen and oxygen atoms in total. The summed E-state index contributed by atoms with van der Waals surface area (Å²) in [6.07, 6.45) is 3.95. The molecule has 2 aromatic heterocycles. The molecule has 0 saturated heterocycles. The zero-order chi connectivity index (χ0) is 20.6. The molecule has 7 heteroatoms. The first-order chi connectivity index (χ1) is 13.8. The molecule has 30 heavy (non-hydrogen) atoms. The van der Waals surface area contributed by atoms with Gasteiger partial charge in [-0.15, -0.1) is 0 Å². The molecule has 0 spiro atoms. The van der Waals surface area contributed by atoms with Gasteiger partial charge in [-0.2, -0.15) is 13.5 Å². The van der Waals surface area contributed by atoms with Crippen LogP contribution in [0.5, 0.6) is 5.75 Å². The van der Waals surface area contributed by atoms with E-state index in [1.54, 1.807) is 24.5 Å². The maximum absolute atomic E-state index is 12.8. The van der Waals surface area contributed by atoms with E-state index in [-0.39, 0.29) is 19.4 Å². The summed E-state index contributed by atoms with van der Waals surface area (Å²) < 4.78 is 6.04. The molecular formula is C23H25N3O3S. The molecular weight excluding hydrogens is 398 g/mol. The van der Waals surface area contributed by atoms with Crippen molar-refractivity contribution in [2.45, 2.75) is 38.5 Å². The predicted octanol–water partition coefficient (Wildman–Crippen LogP) is 3.57. The molecule has 1 aliphatic heterocycles. The van der Waals surface area contributed by atoms with E-state index < -0.39 is 17.7 Å². The van der Waals surface area contributed by atoms with E-state index in [1.807, 2.05) is 51.1 Å². The molecule has 0 saturated carbocycles. The number of ether oxygens (including phenoxy) is 1. The van der Waals surface area contributed by atoms with Crippen LogP contribution in [0.4, 0.5) is 0 Å². The summed E-state index contributed by atoms with van der Waals surface area (Å²) in [6.45, 7) is 5.56. The minimum atomic E-state index is -0.926. The van der Waals surface area contributed by atoms with Gasteiger partial charge in [0, 0.05) is 29.8 Å². The monoisotopic (exact) mass is 423 g/mol. The number of rotatable bonds is 3. The number of fused-ring (bicyclic) bond motifs is 1. The van der Waals surface area contributed by atoms with Gasteiger partial charge in [0.1, 0.15) is 17.5 Å². The Morgan fingerprint density at radius 3 is 2.60 bits per heavy atom. The fourth-order valence-electron chi connectivity index (χ4n) is 3.58. The van der Waals surface area contributed by atoms with Crippen molar-refractivity contribution >= 4 is 19.4 Å². The highest BCUT2D eigenvalue weighted by Gasteiger charge is 2.43. The van der Waals surface area contributed by atoms with Crippen LogP contribution >= 0.6 is 13.5 Å². The van der Waals surface area contributed by atoms with Gasteiger partial charge in [-0.25, -0.2) is 0 Å². The number of amides is 1. The van der Waals surface area contributed by atoms with Crippen LogP contribution in [-0.4, -0.2) is 32.7 Å². The lowest BCUT2D eigenvalue weighted by Crippen LogP contribution is -2.53. The first-order valence-corrected chi connectivity index (χ1v) is 9.50. The van der Waals surface area contributed by atoms with Crippen molar-refractivity contribution in [2.75, 3.05) is 0 Å². The molecule has 3 aromatic rings. The molecule has 3 heterocycles. The number of carbonyl (C=O) groups is 1. The van der Waals surface area contributed by atoms with Crippen LogP contribution in [0.25, 0.3) is 11.1 Å². The van der Waals surface area contributed by atoms with E-state index in [0.29, 0.717) is 11.3 Å². The van der Waals surface area contributed by atoms with E-state index in [0.717, 1.165) is 22.4 Å². The Morgan fingerprint density at radius 1 is 1.13 bits per heavy atom. The lowest BCUT2D eigenvalue weighted by atomic mass is 9.85. The number of hydrogen-bond donors (Lipinski definition) is 2. The summed E-state index contributed by atoms with van der Waals surface area (Å²) in [4.78, 5) is 21.0. The predicted molar refractivity (Wildman–Crippen MR) is 120 cm³/mol. The number of aliphatic hydroxyl groups is 1. The molecule has 2 N–H and O–H groups in total. The standard InChI is InChI=1S/C23H23N3O3.H2S/c1-14-11-16(8-10-25-14)15-6-7-19-18(12-15)20(21(27)23(2,3)29-19)26-22(28)17-5-4-9-24-13-17;/h4-13,20-21,27H,1-3H3,(H,26,28);1H2/t20?,21-;/m0./s1. The third-order valence-corrected chi connectivity index (χ3v) is 5.19. The van der Waals surface area contributed by atoms with Crippen molar-refractivity contribution in [3.05, 3.63) is 77.9 Å². The fourth-order valence-corrected chi connectivity index (χ4v) is 3.58. The molecule has 4 rings (SSSR count). The summed E-state index contributed by atoms with van der Waals surface area (Å²) in [7, 11) is 0. The molecule has 1 unspecified atom stereocenters. The van der Waals surface area contributed by atoms with Gasteiger partial charge in [0.15, 0.2) is 0 Å². The number of pyridine rings is 2. The lowest BCUT2D eigenvalue weighted by molar-refractivity contribution is -0.0627. The van der Waals surface area contributed by atoms with Gasteiger partial charge >= 0.3 is 0 Å². The lowest BCUT2D eigenvalue weighted by Gasteiger charge is -2.42. The summed E-state index contributed by atoms with van der Waals surface area (Å²) in [5.41, 5.74) is 3.21. The number of aliphatic hydroxyl groups excluding tert-OH is 1. The molecule has 0 bridgehead atoms.